The lowest BCUT2D eigenvalue weighted by molar-refractivity contribution is -0.136. The van der Waals surface area contributed by atoms with Crippen LogP contribution in [0.25, 0.3) is 5.57 Å². The highest BCUT2D eigenvalue weighted by molar-refractivity contribution is 6.03. The summed E-state index contributed by atoms with van der Waals surface area (Å²) in [7, 11) is 0. The molecule has 18 heavy (non-hydrogen) atoms. The van der Waals surface area contributed by atoms with Crippen LogP contribution in [-0.2, 0) is 9.53 Å². The van der Waals surface area contributed by atoms with Crippen LogP contribution in [0.1, 0.15) is 42.1 Å². The molecule has 0 spiro atoms. The maximum absolute atomic E-state index is 11.7. The minimum atomic E-state index is -0.237. The average Bonchev–Trinajstić information content (AvgIpc) is 2.77. The molecule has 1 aliphatic heterocycles. The van der Waals surface area contributed by atoms with Gasteiger partial charge in [0.15, 0.2) is 6.29 Å². The predicted octanol–water partition coefficient (Wildman–Crippen LogP) is 3.00. The van der Waals surface area contributed by atoms with Crippen molar-refractivity contribution in [3.63, 3.8) is 0 Å². The number of hydrogen-bond acceptors (Lipinski definition) is 3. The lowest BCUT2D eigenvalue weighted by atomic mass is 9.95. The van der Waals surface area contributed by atoms with Crippen molar-refractivity contribution in [3.05, 3.63) is 41.0 Å². The van der Waals surface area contributed by atoms with Crippen LogP contribution in [0.4, 0.5) is 0 Å². The molecule has 0 amide bonds. The molecule has 0 fully saturated rings. The molecular weight excluding hydrogens is 228 g/mol. The van der Waals surface area contributed by atoms with Crippen LogP contribution in [0.15, 0.2) is 29.8 Å². The molecule has 2 rings (SSSR count). The van der Waals surface area contributed by atoms with Crippen molar-refractivity contribution in [2.24, 2.45) is 0 Å². The molecule has 0 N–H and O–H groups in total. The molecule has 0 radical (unpaired) electrons. The Balaban J connectivity index is 2.42. The number of carbonyl (C=O) groups excluding carboxylic acids is 2. The Bertz CT molecular complexity index is 500. The van der Waals surface area contributed by atoms with Crippen molar-refractivity contribution < 1.29 is 14.3 Å². The number of ether oxygens (including phenoxy) is 1. The zero-order valence-corrected chi connectivity index (χ0v) is 10.4. The van der Waals surface area contributed by atoms with Crippen LogP contribution >= 0.6 is 0 Å². The predicted molar refractivity (Wildman–Crippen MR) is 69.2 cm³/mol. The molecule has 0 aromatic heterocycles. The molecule has 0 aliphatic carbocycles. The number of aldehydes is 1. The monoisotopic (exact) mass is 244 g/mol. The van der Waals surface area contributed by atoms with E-state index in [1.807, 2.05) is 18.2 Å². The maximum atomic E-state index is 11.7. The lowest BCUT2D eigenvalue weighted by Gasteiger charge is -2.06. The highest BCUT2D eigenvalue weighted by atomic mass is 16.5. The van der Waals surface area contributed by atoms with Gasteiger partial charge in [-0.3, -0.25) is 4.79 Å². The summed E-state index contributed by atoms with van der Waals surface area (Å²) < 4.78 is 5.10. The molecule has 3 heteroatoms. The molecule has 0 saturated heterocycles. The van der Waals surface area contributed by atoms with E-state index in [0.29, 0.717) is 5.56 Å². The van der Waals surface area contributed by atoms with E-state index < -0.39 is 0 Å². The van der Waals surface area contributed by atoms with Crippen LogP contribution in [0.2, 0.25) is 0 Å². The smallest absolute Gasteiger partial charge is 0.334 e. The Labute approximate surface area is 106 Å². The van der Waals surface area contributed by atoms with Crippen molar-refractivity contribution in [1.82, 2.24) is 0 Å². The Hall–Kier alpha value is -1.90. The van der Waals surface area contributed by atoms with Gasteiger partial charge in [-0.2, -0.15) is 0 Å². The van der Waals surface area contributed by atoms with E-state index in [4.69, 9.17) is 4.74 Å². The van der Waals surface area contributed by atoms with Gasteiger partial charge in [0, 0.05) is 16.7 Å². The molecule has 0 atom stereocenters. The average molecular weight is 244 g/mol. The van der Waals surface area contributed by atoms with E-state index in [-0.39, 0.29) is 12.6 Å². The Morgan fingerprint density at radius 2 is 2.11 bits per heavy atom. The first-order valence-electron chi connectivity index (χ1n) is 6.21. The molecule has 94 valence electrons. The van der Waals surface area contributed by atoms with Crippen molar-refractivity contribution in [3.8, 4) is 0 Å². The summed E-state index contributed by atoms with van der Waals surface area (Å²) in [5, 5.41) is 0. The van der Waals surface area contributed by atoms with Gasteiger partial charge in [0.1, 0.15) is 6.61 Å². The van der Waals surface area contributed by atoms with Gasteiger partial charge in [-0.05, 0) is 18.4 Å². The molecule has 1 aliphatic rings. The summed E-state index contributed by atoms with van der Waals surface area (Å²) in [6.45, 7) is 2.36. The summed E-state index contributed by atoms with van der Waals surface area (Å²) in [6.07, 6.45) is 3.52. The maximum Gasteiger partial charge on any atom is 0.334 e. The minimum absolute atomic E-state index is 0.237. The van der Waals surface area contributed by atoms with E-state index in [2.05, 4.69) is 6.92 Å². The third kappa shape index (κ3) is 2.35. The molecule has 3 nitrogen and oxygen atoms in total. The van der Waals surface area contributed by atoms with E-state index >= 15 is 0 Å². The number of benzene rings is 1. The zero-order valence-electron chi connectivity index (χ0n) is 10.4. The highest BCUT2D eigenvalue weighted by Gasteiger charge is 2.26. The fourth-order valence-corrected chi connectivity index (χ4v) is 2.16. The van der Waals surface area contributed by atoms with Gasteiger partial charge in [-0.1, -0.05) is 37.6 Å². The molecule has 0 bridgehead atoms. The van der Waals surface area contributed by atoms with Crippen molar-refractivity contribution in [1.29, 1.82) is 0 Å². The van der Waals surface area contributed by atoms with Gasteiger partial charge in [-0.25, -0.2) is 4.79 Å². The molecular formula is C15H16O3. The van der Waals surface area contributed by atoms with E-state index in [0.717, 1.165) is 42.3 Å². The second-order valence-corrected chi connectivity index (χ2v) is 4.34. The SMILES string of the molecule is CCCCC1=C(c2ccccc2C=O)COC1=O. The Kier molecular flexibility index (Phi) is 3.92. The lowest BCUT2D eigenvalue weighted by Crippen LogP contribution is -1.99. The second kappa shape index (κ2) is 5.63. The summed E-state index contributed by atoms with van der Waals surface area (Å²) >= 11 is 0. The number of unbranched alkanes of at least 4 members (excludes halogenated alkanes) is 1. The number of hydrogen-bond donors (Lipinski definition) is 0. The van der Waals surface area contributed by atoms with Crippen molar-refractivity contribution >= 4 is 17.8 Å². The third-order valence-electron chi connectivity index (χ3n) is 3.15. The van der Waals surface area contributed by atoms with Crippen molar-refractivity contribution in [2.45, 2.75) is 26.2 Å². The Morgan fingerprint density at radius 3 is 2.83 bits per heavy atom. The number of rotatable bonds is 5. The molecule has 0 unspecified atom stereocenters. The van der Waals surface area contributed by atoms with Gasteiger partial charge < -0.3 is 4.74 Å². The van der Waals surface area contributed by atoms with Crippen LogP contribution < -0.4 is 0 Å². The second-order valence-electron chi connectivity index (χ2n) is 4.34. The largest absolute Gasteiger partial charge is 0.457 e. The van der Waals surface area contributed by atoms with Gasteiger partial charge >= 0.3 is 5.97 Å². The van der Waals surface area contributed by atoms with Gasteiger partial charge in [0.2, 0.25) is 0 Å². The summed E-state index contributed by atoms with van der Waals surface area (Å²) in [6, 6.07) is 7.31. The topological polar surface area (TPSA) is 43.4 Å². The number of esters is 1. The van der Waals surface area contributed by atoms with Gasteiger partial charge in [0.05, 0.1) is 0 Å². The first-order valence-corrected chi connectivity index (χ1v) is 6.21. The highest BCUT2D eigenvalue weighted by Crippen LogP contribution is 2.30. The number of cyclic esters (lactones) is 1. The standard InChI is InChI=1S/C15H16O3/c1-2-3-7-13-14(10-18-15(13)17)12-8-5-4-6-11(12)9-16/h4-6,8-9H,2-3,7,10H2,1H3. The van der Waals surface area contributed by atoms with Gasteiger partial charge in [-0.15, -0.1) is 0 Å². The summed E-state index contributed by atoms with van der Waals surface area (Å²) in [5.41, 5.74) is 3.03. The third-order valence-corrected chi connectivity index (χ3v) is 3.15. The molecule has 0 saturated carbocycles. The number of carbonyl (C=O) groups is 2. The molecule has 1 aromatic rings. The Morgan fingerprint density at radius 1 is 1.33 bits per heavy atom. The fraction of sp³-hybridized carbons (Fsp3) is 0.333. The molecule has 1 heterocycles. The first kappa shape index (κ1) is 12.6. The normalized spacial score (nSPS) is 14.8. The first-order chi connectivity index (χ1) is 8.77. The van der Waals surface area contributed by atoms with Crippen LogP contribution in [0.3, 0.4) is 0 Å². The van der Waals surface area contributed by atoms with E-state index in [9.17, 15) is 9.59 Å². The fourth-order valence-electron chi connectivity index (χ4n) is 2.16. The van der Waals surface area contributed by atoms with E-state index in [1.54, 1.807) is 6.07 Å². The summed E-state index contributed by atoms with van der Waals surface area (Å²) in [5.74, 6) is -0.237. The quantitative estimate of drug-likeness (QED) is 0.590. The summed E-state index contributed by atoms with van der Waals surface area (Å²) in [4.78, 5) is 22.7. The van der Waals surface area contributed by atoms with Crippen LogP contribution in [0.5, 0.6) is 0 Å². The van der Waals surface area contributed by atoms with Crippen LogP contribution in [-0.4, -0.2) is 18.9 Å². The van der Waals surface area contributed by atoms with Gasteiger partial charge in [0.25, 0.3) is 0 Å². The van der Waals surface area contributed by atoms with Crippen molar-refractivity contribution in [2.75, 3.05) is 6.61 Å². The molecule has 1 aromatic carbocycles. The van der Waals surface area contributed by atoms with Crippen LogP contribution in [0, 0.1) is 0 Å². The minimum Gasteiger partial charge on any atom is -0.457 e. The zero-order chi connectivity index (χ0) is 13.0. The van der Waals surface area contributed by atoms with E-state index in [1.165, 1.54) is 0 Å².